The van der Waals surface area contributed by atoms with Crippen molar-refractivity contribution in [2.45, 2.75) is 37.1 Å². The van der Waals surface area contributed by atoms with Crippen LogP contribution in [-0.4, -0.2) is 45.9 Å². The van der Waals surface area contributed by atoms with E-state index in [1.54, 1.807) is 7.11 Å². The van der Waals surface area contributed by atoms with E-state index in [-0.39, 0.29) is 16.5 Å². The van der Waals surface area contributed by atoms with E-state index in [4.69, 9.17) is 9.47 Å². The average Bonchev–Trinajstić information content (AvgIpc) is 2.79. The van der Waals surface area contributed by atoms with Crippen LogP contribution in [0.1, 0.15) is 48.1 Å². The minimum atomic E-state index is -3.66. The van der Waals surface area contributed by atoms with Crippen molar-refractivity contribution in [1.29, 1.82) is 0 Å². The highest BCUT2D eigenvalue weighted by atomic mass is 32.2. The first-order valence-corrected chi connectivity index (χ1v) is 11.4. The summed E-state index contributed by atoms with van der Waals surface area (Å²) in [6, 6.07) is 11.5. The van der Waals surface area contributed by atoms with Crippen molar-refractivity contribution < 1.29 is 22.7 Å². The number of ether oxygens (including phenoxy) is 2. The molecule has 0 bridgehead atoms. The van der Waals surface area contributed by atoms with E-state index in [1.807, 2.05) is 31.2 Å². The summed E-state index contributed by atoms with van der Waals surface area (Å²) in [4.78, 5) is 13.1. The van der Waals surface area contributed by atoms with Gasteiger partial charge in [0.15, 0.2) is 0 Å². The molecule has 1 fully saturated rings. The van der Waals surface area contributed by atoms with Crippen LogP contribution in [0.3, 0.4) is 0 Å². The SMILES string of the molecule is COc1ccc(S(=O)(=O)N2CCCCC2)cc1C(=O)NC(C)c1ccccc1OC. The quantitative estimate of drug-likeness (QED) is 0.725. The van der Waals surface area contributed by atoms with Crippen molar-refractivity contribution in [3.8, 4) is 11.5 Å². The molecule has 0 aliphatic carbocycles. The lowest BCUT2D eigenvalue weighted by atomic mass is 10.1. The second kappa shape index (κ2) is 9.49. The topological polar surface area (TPSA) is 84.9 Å². The van der Waals surface area contributed by atoms with Crippen LogP contribution in [0.5, 0.6) is 11.5 Å². The van der Waals surface area contributed by atoms with Crippen LogP contribution in [0.4, 0.5) is 0 Å². The number of hydrogen-bond donors (Lipinski definition) is 1. The Morgan fingerprint density at radius 1 is 1.00 bits per heavy atom. The lowest BCUT2D eigenvalue weighted by molar-refractivity contribution is 0.0936. The molecule has 1 saturated heterocycles. The predicted octanol–water partition coefficient (Wildman–Crippen LogP) is 3.37. The fourth-order valence-electron chi connectivity index (χ4n) is 3.66. The van der Waals surface area contributed by atoms with E-state index < -0.39 is 15.9 Å². The highest BCUT2D eigenvalue weighted by Crippen LogP contribution is 2.28. The Bertz CT molecular complexity index is 1000. The Morgan fingerprint density at radius 2 is 1.67 bits per heavy atom. The van der Waals surface area contributed by atoms with Crippen LogP contribution in [0.15, 0.2) is 47.4 Å². The molecule has 1 unspecified atom stereocenters. The van der Waals surface area contributed by atoms with Crippen molar-refractivity contribution in [1.82, 2.24) is 9.62 Å². The molecule has 1 heterocycles. The highest BCUT2D eigenvalue weighted by molar-refractivity contribution is 7.89. The van der Waals surface area contributed by atoms with E-state index in [1.165, 1.54) is 29.6 Å². The van der Waals surface area contributed by atoms with Gasteiger partial charge >= 0.3 is 0 Å². The molecule has 162 valence electrons. The Kier molecular flexibility index (Phi) is 6.99. The van der Waals surface area contributed by atoms with Gasteiger partial charge in [-0.1, -0.05) is 24.6 Å². The van der Waals surface area contributed by atoms with Gasteiger partial charge in [0.1, 0.15) is 11.5 Å². The summed E-state index contributed by atoms with van der Waals surface area (Å²) in [6.07, 6.45) is 2.72. The molecule has 1 aliphatic rings. The summed E-state index contributed by atoms with van der Waals surface area (Å²) >= 11 is 0. The Labute approximate surface area is 178 Å². The van der Waals surface area contributed by atoms with Gasteiger partial charge in [-0.2, -0.15) is 4.31 Å². The number of piperidine rings is 1. The number of benzene rings is 2. The van der Waals surface area contributed by atoms with E-state index in [2.05, 4.69) is 5.32 Å². The number of hydrogen-bond acceptors (Lipinski definition) is 5. The second-order valence-electron chi connectivity index (χ2n) is 7.26. The zero-order valence-corrected chi connectivity index (χ0v) is 18.4. The number of nitrogens with one attached hydrogen (secondary N) is 1. The number of para-hydroxylation sites is 1. The molecule has 8 heteroatoms. The molecular weight excluding hydrogens is 404 g/mol. The van der Waals surface area contributed by atoms with Gasteiger partial charge in [0.2, 0.25) is 10.0 Å². The molecule has 0 saturated carbocycles. The molecule has 2 aromatic carbocycles. The maximum absolute atomic E-state index is 13.0. The third-order valence-electron chi connectivity index (χ3n) is 5.32. The third kappa shape index (κ3) is 4.60. The molecule has 7 nitrogen and oxygen atoms in total. The number of sulfonamides is 1. The second-order valence-corrected chi connectivity index (χ2v) is 9.20. The van der Waals surface area contributed by atoms with Crippen molar-refractivity contribution in [2.24, 2.45) is 0 Å². The number of carbonyl (C=O) groups is 1. The lowest BCUT2D eigenvalue weighted by Crippen LogP contribution is -2.35. The Balaban J connectivity index is 1.88. The van der Waals surface area contributed by atoms with Gasteiger partial charge in [0, 0.05) is 18.7 Å². The molecule has 3 rings (SSSR count). The Hall–Kier alpha value is -2.58. The first-order valence-electron chi connectivity index (χ1n) is 10.0. The maximum atomic E-state index is 13.0. The first-order chi connectivity index (χ1) is 14.4. The first kappa shape index (κ1) is 22.1. The molecule has 0 spiro atoms. The molecule has 0 radical (unpaired) electrons. The van der Waals surface area contributed by atoms with E-state index in [0.29, 0.717) is 24.6 Å². The van der Waals surface area contributed by atoms with Crippen LogP contribution < -0.4 is 14.8 Å². The minimum absolute atomic E-state index is 0.0975. The number of carbonyl (C=O) groups excluding carboxylic acids is 1. The van der Waals surface area contributed by atoms with Gasteiger partial charge in [-0.3, -0.25) is 4.79 Å². The summed E-state index contributed by atoms with van der Waals surface area (Å²) in [5, 5.41) is 2.91. The fourth-order valence-corrected chi connectivity index (χ4v) is 5.20. The summed E-state index contributed by atoms with van der Waals surface area (Å²) in [5.41, 5.74) is 1.00. The summed E-state index contributed by atoms with van der Waals surface area (Å²) < 4.78 is 38.2. The average molecular weight is 433 g/mol. The molecule has 1 amide bonds. The molecule has 0 aromatic heterocycles. The number of methoxy groups -OCH3 is 2. The van der Waals surface area contributed by atoms with Gasteiger partial charge < -0.3 is 14.8 Å². The van der Waals surface area contributed by atoms with Crippen LogP contribution in [0, 0.1) is 0 Å². The van der Waals surface area contributed by atoms with Crippen LogP contribution in [0.25, 0.3) is 0 Å². The van der Waals surface area contributed by atoms with Gasteiger partial charge in [-0.05, 0) is 44.0 Å². The fraction of sp³-hybridized carbons (Fsp3) is 0.409. The molecule has 2 aromatic rings. The number of nitrogens with zero attached hydrogens (tertiary/aromatic N) is 1. The van der Waals surface area contributed by atoms with Gasteiger partial charge in [-0.25, -0.2) is 8.42 Å². The third-order valence-corrected chi connectivity index (χ3v) is 7.22. The number of rotatable bonds is 7. The summed E-state index contributed by atoms with van der Waals surface area (Å²) in [5.74, 6) is 0.567. The monoisotopic (exact) mass is 432 g/mol. The zero-order chi connectivity index (χ0) is 21.7. The van der Waals surface area contributed by atoms with Crippen molar-refractivity contribution >= 4 is 15.9 Å². The standard InChI is InChI=1S/C22H28N2O5S/c1-16(18-9-5-6-10-20(18)28-2)23-22(25)19-15-17(11-12-21(19)29-3)30(26,27)24-13-7-4-8-14-24/h5-6,9-12,15-16H,4,7-8,13-14H2,1-3H3,(H,23,25). The van der Waals surface area contributed by atoms with E-state index >= 15 is 0 Å². The van der Waals surface area contributed by atoms with Crippen molar-refractivity contribution in [2.75, 3.05) is 27.3 Å². The van der Waals surface area contributed by atoms with Crippen LogP contribution >= 0.6 is 0 Å². The van der Waals surface area contributed by atoms with Crippen LogP contribution in [-0.2, 0) is 10.0 Å². The predicted molar refractivity (Wildman–Crippen MR) is 114 cm³/mol. The van der Waals surface area contributed by atoms with Crippen molar-refractivity contribution in [3.63, 3.8) is 0 Å². The normalized spacial score (nSPS) is 16.0. The van der Waals surface area contributed by atoms with Gasteiger partial charge in [-0.15, -0.1) is 0 Å². The molecule has 1 N–H and O–H groups in total. The van der Waals surface area contributed by atoms with Gasteiger partial charge in [0.05, 0.1) is 30.7 Å². The summed E-state index contributed by atoms with van der Waals surface area (Å²) in [6.45, 7) is 2.85. The molecule has 1 atom stereocenters. The van der Waals surface area contributed by atoms with Crippen molar-refractivity contribution in [3.05, 3.63) is 53.6 Å². The molecule has 1 aliphatic heterocycles. The highest BCUT2D eigenvalue weighted by Gasteiger charge is 2.28. The zero-order valence-electron chi connectivity index (χ0n) is 17.6. The lowest BCUT2D eigenvalue weighted by Gasteiger charge is -2.26. The largest absolute Gasteiger partial charge is 0.496 e. The van der Waals surface area contributed by atoms with E-state index in [0.717, 1.165) is 24.8 Å². The van der Waals surface area contributed by atoms with Gasteiger partial charge in [0.25, 0.3) is 5.91 Å². The smallest absolute Gasteiger partial charge is 0.255 e. The molecule has 30 heavy (non-hydrogen) atoms. The molecular formula is C22H28N2O5S. The minimum Gasteiger partial charge on any atom is -0.496 e. The number of amides is 1. The maximum Gasteiger partial charge on any atom is 0.255 e. The summed E-state index contributed by atoms with van der Waals surface area (Å²) in [7, 11) is -0.629. The Morgan fingerprint density at radius 3 is 2.33 bits per heavy atom. The van der Waals surface area contributed by atoms with E-state index in [9.17, 15) is 13.2 Å². The van der Waals surface area contributed by atoms with Crippen LogP contribution in [0.2, 0.25) is 0 Å².